The number of anilines is 2. The first-order valence-corrected chi connectivity index (χ1v) is 7.90. The van der Waals surface area contributed by atoms with Crippen LogP contribution in [0.5, 0.6) is 0 Å². The van der Waals surface area contributed by atoms with Crippen molar-refractivity contribution in [3.63, 3.8) is 0 Å². The van der Waals surface area contributed by atoms with Crippen LogP contribution in [-0.2, 0) is 6.18 Å². The van der Waals surface area contributed by atoms with Gasteiger partial charge in [-0.15, -0.1) is 0 Å². The van der Waals surface area contributed by atoms with Crippen molar-refractivity contribution in [3.05, 3.63) is 46.4 Å². The van der Waals surface area contributed by atoms with Gasteiger partial charge in [0.1, 0.15) is 17.3 Å². The number of aromatic nitrogens is 2. The Morgan fingerprint density at radius 3 is 2.60 bits per heavy atom. The largest absolute Gasteiger partial charge is 0.418 e. The third-order valence-electron chi connectivity index (χ3n) is 3.53. The Bertz CT molecular complexity index is 822. The van der Waals surface area contributed by atoms with E-state index < -0.39 is 11.7 Å². The molecule has 3 rings (SSSR count). The van der Waals surface area contributed by atoms with Crippen molar-refractivity contribution < 1.29 is 18.0 Å². The van der Waals surface area contributed by atoms with E-state index in [0.29, 0.717) is 0 Å². The highest BCUT2D eigenvalue weighted by atomic mass is 35.5. The van der Waals surface area contributed by atoms with E-state index in [0.717, 1.165) is 18.9 Å². The molecule has 0 atom stereocenters. The predicted molar refractivity (Wildman–Crippen MR) is 87.0 cm³/mol. The number of hydrogen-bond donors (Lipinski definition) is 2. The number of carbonyl (C=O) groups excluding carboxylic acids is 1. The molecule has 0 bridgehead atoms. The monoisotopic (exact) mass is 370 g/mol. The van der Waals surface area contributed by atoms with Crippen molar-refractivity contribution in [2.75, 3.05) is 5.32 Å². The van der Waals surface area contributed by atoms with Crippen LogP contribution in [0.2, 0.25) is 5.02 Å². The van der Waals surface area contributed by atoms with Crippen molar-refractivity contribution in [2.24, 2.45) is 0 Å². The molecule has 25 heavy (non-hydrogen) atoms. The first-order chi connectivity index (χ1) is 11.7. The normalized spacial score (nSPS) is 14.3. The van der Waals surface area contributed by atoms with Gasteiger partial charge in [-0.05, 0) is 38.0 Å². The van der Waals surface area contributed by atoms with Gasteiger partial charge in [-0.3, -0.25) is 4.79 Å². The first-order valence-electron chi connectivity index (χ1n) is 7.53. The number of nitrogens with zero attached hydrogens (tertiary/aromatic N) is 2. The van der Waals surface area contributed by atoms with Crippen LogP contribution in [0.3, 0.4) is 0 Å². The van der Waals surface area contributed by atoms with Crippen LogP contribution < -0.4 is 10.6 Å². The standard InChI is InChI=1S/C16H14ClF3N4O/c1-8-21-13(15(25)23-10-3-4-10)7-14(22-8)24-12-5-2-9(17)6-11(12)16(18,19)20/h2,5-7,10H,3-4H2,1H3,(H,23,25)(H,21,22,24). The lowest BCUT2D eigenvalue weighted by Crippen LogP contribution is -2.26. The Morgan fingerprint density at radius 1 is 1.24 bits per heavy atom. The summed E-state index contributed by atoms with van der Waals surface area (Å²) in [6.45, 7) is 1.56. The fraction of sp³-hybridized carbons (Fsp3) is 0.312. The van der Waals surface area contributed by atoms with Gasteiger partial charge in [0.25, 0.3) is 5.91 Å². The van der Waals surface area contributed by atoms with Crippen molar-refractivity contribution in [2.45, 2.75) is 32.0 Å². The van der Waals surface area contributed by atoms with Gasteiger partial charge in [0, 0.05) is 17.1 Å². The highest BCUT2D eigenvalue weighted by Crippen LogP contribution is 2.37. The second-order valence-corrected chi connectivity index (χ2v) is 6.18. The van der Waals surface area contributed by atoms with Crippen LogP contribution >= 0.6 is 11.6 Å². The molecule has 1 aliphatic rings. The molecule has 0 aliphatic heterocycles. The number of amides is 1. The van der Waals surface area contributed by atoms with Gasteiger partial charge in [0.15, 0.2) is 0 Å². The topological polar surface area (TPSA) is 66.9 Å². The Kier molecular flexibility index (Phi) is 4.55. The van der Waals surface area contributed by atoms with Crippen LogP contribution in [0.25, 0.3) is 0 Å². The molecule has 0 unspecified atom stereocenters. The van der Waals surface area contributed by atoms with E-state index in [9.17, 15) is 18.0 Å². The lowest BCUT2D eigenvalue weighted by molar-refractivity contribution is -0.136. The first kappa shape index (κ1) is 17.5. The molecule has 1 aromatic heterocycles. The van der Waals surface area contributed by atoms with E-state index in [1.807, 2.05) is 0 Å². The van der Waals surface area contributed by atoms with Gasteiger partial charge in [0.2, 0.25) is 0 Å². The molecule has 1 aliphatic carbocycles. The maximum Gasteiger partial charge on any atom is 0.418 e. The van der Waals surface area contributed by atoms with Gasteiger partial charge >= 0.3 is 6.18 Å². The van der Waals surface area contributed by atoms with Gasteiger partial charge in [-0.25, -0.2) is 9.97 Å². The molecule has 1 amide bonds. The molecular weight excluding hydrogens is 357 g/mol. The van der Waals surface area contributed by atoms with Gasteiger partial charge in [0.05, 0.1) is 11.3 Å². The summed E-state index contributed by atoms with van der Waals surface area (Å²) in [5.74, 6) is -0.00191. The molecule has 1 saturated carbocycles. The lowest BCUT2D eigenvalue weighted by Gasteiger charge is -2.15. The molecule has 1 heterocycles. The summed E-state index contributed by atoms with van der Waals surface area (Å²) in [4.78, 5) is 20.2. The number of aryl methyl sites for hydroxylation is 1. The van der Waals surface area contributed by atoms with Crippen molar-refractivity contribution in [1.82, 2.24) is 15.3 Å². The van der Waals surface area contributed by atoms with Crippen LogP contribution in [0.15, 0.2) is 24.3 Å². The molecule has 2 N–H and O–H groups in total. The second kappa shape index (κ2) is 6.51. The minimum Gasteiger partial charge on any atom is -0.348 e. The molecule has 0 radical (unpaired) electrons. The molecular formula is C16H14ClF3N4O. The van der Waals surface area contributed by atoms with Crippen LogP contribution in [0.4, 0.5) is 24.7 Å². The Balaban J connectivity index is 1.90. The third kappa shape index (κ3) is 4.39. The SMILES string of the molecule is Cc1nc(Nc2ccc(Cl)cc2C(F)(F)F)cc(C(=O)NC2CC2)n1. The highest BCUT2D eigenvalue weighted by molar-refractivity contribution is 6.30. The quantitative estimate of drug-likeness (QED) is 0.850. The molecule has 1 aromatic carbocycles. The van der Waals surface area contributed by atoms with Crippen LogP contribution in [-0.4, -0.2) is 21.9 Å². The predicted octanol–water partition coefficient (Wildman–Crippen LogP) is 4.09. The van der Waals surface area contributed by atoms with Crippen LogP contribution in [0.1, 0.15) is 34.7 Å². The van der Waals surface area contributed by atoms with E-state index in [4.69, 9.17) is 11.6 Å². The van der Waals surface area contributed by atoms with Crippen molar-refractivity contribution in [1.29, 1.82) is 0 Å². The Labute approximate surface area is 146 Å². The molecule has 0 saturated heterocycles. The maximum absolute atomic E-state index is 13.2. The Morgan fingerprint density at radius 2 is 1.96 bits per heavy atom. The zero-order chi connectivity index (χ0) is 18.2. The number of nitrogens with one attached hydrogen (secondary N) is 2. The number of alkyl halides is 3. The minimum atomic E-state index is -4.58. The smallest absolute Gasteiger partial charge is 0.348 e. The number of halogens is 4. The second-order valence-electron chi connectivity index (χ2n) is 5.75. The number of rotatable bonds is 4. The highest BCUT2D eigenvalue weighted by Gasteiger charge is 2.34. The fourth-order valence-corrected chi connectivity index (χ4v) is 2.41. The van der Waals surface area contributed by atoms with Gasteiger partial charge in [-0.1, -0.05) is 11.6 Å². The van der Waals surface area contributed by atoms with E-state index >= 15 is 0 Å². The summed E-state index contributed by atoms with van der Waals surface area (Å²) in [6.07, 6.45) is -2.75. The zero-order valence-electron chi connectivity index (χ0n) is 13.1. The minimum absolute atomic E-state index is 0.0266. The summed E-state index contributed by atoms with van der Waals surface area (Å²) in [5.41, 5.74) is -1.02. The van der Waals surface area contributed by atoms with E-state index in [1.54, 1.807) is 6.92 Å². The molecule has 2 aromatic rings. The van der Waals surface area contributed by atoms with Gasteiger partial charge < -0.3 is 10.6 Å². The van der Waals surface area contributed by atoms with E-state index in [-0.39, 0.29) is 40.0 Å². The maximum atomic E-state index is 13.2. The molecule has 9 heteroatoms. The number of hydrogen-bond acceptors (Lipinski definition) is 4. The Hall–Kier alpha value is -2.35. The molecule has 1 fully saturated rings. The zero-order valence-corrected chi connectivity index (χ0v) is 13.9. The number of carbonyl (C=O) groups is 1. The van der Waals surface area contributed by atoms with E-state index in [1.165, 1.54) is 18.2 Å². The molecule has 0 spiro atoms. The fourth-order valence-electron chi connectivity index (χ4n) is 2.23. The third-order valence-corrected chi connectivity index (χ3v) is 3.77. The summed E-state index contributed by atoms with van der Waals surface area (Å²) >= 11 is 5.67. The van der Waals surface area contributed by atoms with Crippen molar-refractivity contribution in [3.8, 4) is 0 Å². The average molecular weight is 371 g/mol. The summed E-state index contributed by atoms with van der Waals surface area (Å²) in [7, 11) is 0. The molecule has 5 nitrogen and oxygen atoms in total. The lowest BCUT2D eigenvalue weighted by atomic mass is 10.1. The molecule has 132 valence electrons. The average Bonchev–Trinajstić information content (AvgIpc) is 3.31. The van der Waals surface area contributed by atoms with E-state index in [2.05, 4.69) is 20.6 Å². The van der Waals surface area contributed by atoms with Gasteiger partial charge in [-0.2, -0.15) is 13.2 Å². The number of benzene rings is 1. The summed E-state index contributed by atoms with van der Waals surface area (Å²) in [6, 6.07) is 4.85. The van der Waals surface area contributed by atoms with Crippen molar-refractivity contribution >= 4 is 29.0 Å². The van der Waals surface area contributed by atoms with Crippen LogP contribution in [0, 0.1) is 6.92 Å². The summed E-state index contributed by atoms with van der Waals surface area (Å²) < 4.78 is 39.5. The summed E-state index contributed by atoms with van der Waals surface area (Å²) in [5, 5.41) is 5.35.